The van der Waals surface area contributed by atoms with Crippen LogP contribution in [0.25, 0.3) is 0 Å². The van der Waals surface area contributed by atoms with Crippen molar-refractivity contribution in [2.75, 3.05) is 17.3 Å². The van der Waals surface area contributed by atoms with Crippen LogP contribution in [0, 0.1) is 5.92 Å². The molecule has 2 nitrogen and oxygen atoms in total. The largest absolute Gasteiger partial charge is 0.312 e. The number of anilines is 1. The van der Waals surface area contributed by atoms with Crippen LogP contribution < -0.4 is 4.90 Å². The van der Waals surface area contributed by atoms with Gasteiger partial charge in [0.25, 0.3) is 0 Å². The Morgan fingerprint density at radius 2 is 2.22 bits per heavy atom. The quantitative estimate of drug-likeness (QED) is 0.767. The van der Waals surface area contributed by atoms with Crippen LogP contribution in [-0.2, 0) is 17.6 Å². The summed E-state index contributed by atoms with van der Waals surface area (Å²) in [6.45, 7) is 4.76. The summed E-state index contributed by atoms with van der Waals surface area (Å²) in [4.78, 5) is 14.1. The third kappa shape index (κ3) is 2.69. The van der Waals surface area contributed by atoms with E-state index in [-0.39, 0.29) is 11.8 Å². The molecule has 18 heavy (non-hydrogen) atoms. The van der Waals surface area contributed by atoms with E-state index < -0.39 is 0 Å². The maximum Gasteiger partial charge on any atom is 0.229 e. The van der Waals surface area contributed by atoms with Crippen LogP contribution in [0.1, 0.15) is 31.4 Å². The molecule has 0 aromatic heterocycles. The van der Waals surface area contributed by atoms with E-state index in [1.165, 1.54) is 11.1 Å². The van der Waals surface area contributed by atoms with Gasteiger partial charge in [-0.05, 0) is 36.5 Å². The summed E-state index contributed by atoms with van der Waals surface area (Å²) >= 11 is 5.78. The van der Waals surface area contributed by atoms with Crippen molar-refractivity contribution in [2.45, 2.75) is 33.1 Å². The number of halogens is 1. The summed E-state index contributed by atoms with van der Waals surface area (Å²) in [5, 5.41) is 0. The van der Waals surface area contributed by atoms with Gasteiger partial charge in [0, 0.05) is 24.0 Å². The Morgan fingerprint density at radius 1 is 1.44 bits per heavy atom. The van der Waals surface area contributed by atoms with Crippen LogP contribution in [0.3, 0.4) is 0 Å². The fourth-order valence-electron chi connectivity index (χ4n) is 2.46. The molecule has 1 aromatic carbocycles. The number of carbonyl (C=O) groups excluding carboxylic acids is 1. The molecule has 0 aliphatic carbocycles. The lowest BCUT2D eigenvalue weighted by Gasteiger charge is -2.31. The Bertz CT molecular complexity index is 442. The number of hydrogen-bond donors (Lipinski definition) is 0. The third-order valence-electron chi connectivity index (χ3n) is 3.41. The van der Waals surface area contributed by atoms with Gasteiger partial charge in [0.1, 0.15) is 0 Å². The normalized spacial score (nSPS) is 14.8. The van der Waals surface area contributed by atoms with E-state index in [0.29, 0.717) is 5.88 Å². The van der Waals surface area contributed by atoms with Crippen molar-refractivity contribution in [1.82, 2.24) is 0 Å². The first-order valence-electron chi connectivity index (χ1n) is 6.62. The van der Waals surface area contributed by atoms with Gasteiger partial charge in [-0.3, -0.25) is 4.79 Å². The van der Waals surface area contributed by atoms with Crippen molar-refractivity contribution < 1.29 is 4.79 Å². The number of alkyl halides is 1. The van der Waals surface area contributed by atoms with Crippen LogP contribution in [0.5, 0.6) is 0 Å². The Balaban J connectivity index is 2.30. The Hall–Kier alpha value is -1.02. The average molecular weight is 266 g/mol. The van der Waals surface area contributed by atoms with E-state index in [9.17, 15) is 4.79 Å². The fraction of sp³-hybridized carbons (Fsp3) is 0.533. The topological polar surface area (TPSA) is 20.3 Å². The van der Waals surface area contributed by atoms with E-state index in [4.69, 9.17) is 11.6 Å². The van der Waals surface area contributed by atoms with E-state index in [1.807, 2.05) is 18.7 Å². The fourth-order valence-corrected chi connectivity index (χ4v) is 2.67. The molecule has 0 unspecified atom stereocenters. The maximum absolute atomic E-state index is 12.2. The zero-order chi connectivity index (χ0) is 13.1. The average Bonchev–Trinajstić information content (AvgIpc) is 2.37. The number of carbonyl (C=O) groups is 1. The number of rotatable bonds is 3. The highest BCUT2D eigenvalue weighted by molar-refractivity contribution is 6.18. The molecule has 98 valence electrons. The van der Waals surface area contributed by atoms with Crippen molar-refractivity contribution in [3.05, 3.63) is 29.3 Å². The van der Waals surface area contributed by atoms with Gasteiger partial charge in [-0.2, -0.15) is 0 Å². The SMILES string of the molecule is CC(C)C(=O)N1CCCc2cc(CCCl)ccc21. The van der Waals surface area contributed by atoms with Gasteiger partial charge in [-0.1, -0.05) is 26.0 Å². The van der Waals surface area contributed by atoms with Crippen LogP contribution >= 0.6 is 11.6 Å². The number of hydrogen-bond acceptors (Lipinski definition) is 1. The van der Waals surface area contributed by atoms with Crippen molar-refractivity contribution in [1.29, 1.82) is 0 Å². The minimum atomic E-state index is 0.0541. The number of nitrogens with zero attached hydrogens (tertiary/aromatic N) is 1. The molecule has 0 saturated heterocycles. The summed E-state index contributed by atoms with van der Waals surface area (Å²) in [6, 6.07) is 6.38. The summed E-state index contributed by atoms with van der Waals surface area (Å²) in [7, 11) is 0. The molecule has 1 aromatic rings. The van der Waals surface area contributed by atoms with Gasteiger partial charge < -0.3 is 4.90 Å². The Labute approximate surface area is 114 Å². The van der Waals surface area contributed by atoms with Gasteiger partial charge in [0.05, 0.1) is 0 Å². The predicted octanol–water partition coefficient (Wildman–Crippen LogP) is 3.40. The lowest BCUT2D eigenvalue weighted by atomic mass is 9.97. The number of aryl methyl sites for hydroxylation is 2. The molecule has 1 amide bonds. The molecule has 0 bridgehead atoms. The van der Waals surface area contributed by atoms with Gasteiger partial charge in [-0.25, -0.2) is 0 Å². The predicted molar refractivity (Wildman–Crippen MR) is 76.4 cm³/mol. The first-order valence-corrected chi connectivity index (χ1v) is 7.16. The lowest BCUT2D eigenvalue weighted by molar-refractivity contribution is -0.121. The zero-order valence-electron chi connectivity index (χ0n) is 11.1. The van der Waals surface area contributed by atoms with Crippen LogP contribution in [0.4, 0.5) is 5.69 Å². The molecular weight excluding hydrogens is 246 g/mol. The third-order valence-corrected chi connectivity index (χ3v) is 3.59. The van der Waals surface area contributed by atoms with Gasteiger partial charge in [0.2, 0.25) is 5.91 Å². The van der Waals surface area contributed by atoms with Gasteiger partial charge in [0.15, 0.2) is 0 Å². The summed E-state index contributed by atoms with van der Waals surface area (Å²) in [5.41, 5.74) is 3.65. The van der Waals surface area contributed by atoms with Crippen LogP contribution in [-0.4, -0.2) is 18.3 Å². The first-order chi connectivity index (χ1) is 8.63. The van der Waals surface area contributed by atoms with Crippen molar-refractivity contribution in [2.24, 2.45) is 5.92 Å². The number of benzene rings is 1. The molecule has 1 aliphatic rings. The summed E-state index contributed by atoms with van der Waals surface area (Å²) in [6.07, 6.45) is 3.01. The lowest BCUT2D eigenvalue weighted by Crippen LogP contribution is -2.38. The Morgan fingerprint density at radius 3 is 2.89 bits per heavy atom. The highest BCUT2D eigenvalue weighted by Gasteiger charge is 2.24. The molecular formula is C15H20ClNO. The maximum atomic E-state index is 12.2. The van der Waals surface area contributed by atoms with Crippen LogP contribution in [0.2, 0.25) is 0 Å². The summed E-state index contributed by atoms with van der Waals surface area (Å²) < 4.78 is 0. The minimum absolute atomic E-state index is 0.0541. The molecule has 0 spiro atoms. The second kappa shape index (κ2) is 5.75. The zero-order valence-corrected chi connectivity index (χ0v) is 11.8. The molecule has 0 radical (unpaired) electrons. The smallest absolute Gasteiger partial charge is 0.229 e. The van der Waals surface area contributed by atoms with Crippen molar-refractivity contribution in [3.8, 4) is 0 Å². The van der Waals surface area contributed by atoms with E-state index >= 15 is 0 Å². The first kappa shape index (κ1) is 13.4. The molecule has 0 saturated carbocycles. The number of fused-ring (bicyclic) bond motifs is 1. The molecule has 1 aliphatic heterocycles. The second-order valence-electron chi connectivity index (χ2n) is 5.15. The van der Waals surface area contributed by atoms with E-state index in [0.717, 1.165) is 31.5 Å². The Kier molecular flexibility index (Phi) is 4.28. The molecule has 3 heteroatoms. The highest BCUT2D eigenvalue weighted by atomic mass is 35.5. The molecule has 2 rings (SSSR count). The van der Waals surface area contributed by atoms with Gasteiger partial charge >= 0.3 is 0 Å². The molecule has 1 heterocycles. The van der Waals surface area contributed by atoms with Crippen LogP contribution in [0.15, 0.2) is 18.2 Å². The molecule has 0 fully saturated rings. The van der Waals surface area contributed by atoms with Gasteiger partial charge in [-0.15, -0.1) is 11.6 Å². The number of amides is 1. The minimum Gasteiger partial charge on any atom is -0.312 e. The molecule has 0 N–H and O–H groups in total. The highest BCUT2D eigenvalue weighted by Crippen LogP contribution is 2.29. The molecule has 0 atom stereocenters. The monoisotopic (exact) mass is 265 g/mol. The summed E-state index contributed by atoms with van der Waals surface area (Å²) in [5.74, 6) is 0.924. The van der Waals surface area contributed by atoms with E-state index in [1.54, 1.807) is 0 Å². The van der Waals surface area contributed by atoms with Crippen molar-refractivity contribution in [3.63, 3.8) is 0 Å². The van der Waals surface area contributed by atoms with Crippen molar-refractivity contribution >= 4 is 23.2 Å². The second-order valence-corrected chi connectivity index (χ2v) is 5.53. The standard InChI is InChI=1S/C15H20ClNO/c1-11(2)15(18)17-9-3-4-13-10-12(7-8-16)5-6-14(13)17/h5-6,10-11H,3-4,7-9H2,1-2H3. The van der Waals surface area contributed by atoms with E-state index in [2.05, 4.69) is 18.2 Å².